The number of nitrogens with zero attached hydrogens (tertiary/aromatic N) is 1. The lowest BCUT2D eigenvalue weighted by Gasteiger charge is -2.24. The van der Waals surface area contributed by atoms with Gasteiger partial charge in [0.2, 0.25) is 0 Å². The molecule has 7 heteroatoms. The molecule has 4 rings (SSSR count). The van der Waals surface area contributed by atoms with Crippen LogP contribution in [0.5, 0.6) is 5.75 Å². The molecule has 0 radical (unpaired) electrons. The number of rotatable bonds is 5. The average molecular weight is 452 g/mol. The van der Waals surface area contributed by atoms with Crippen molar-refractivity contribution in [2.75, 3.05) is 11.5 Å². The van der Waals surface area contributed by atoms with Crippen LogP contribution in [0.4, 0.5) is 5.69 Å². The van der Waals surface area contributed by atoms with E-state index in [0.717, 1.165) is 11.1 Å². The molecule has 0 aliphatic carbocycles. The van der Waals surface area contributed by atoms with Gasteiger partial charge in [-0.15, -0.1) is 0 Å². The molecule has 1 saturated heterocycles. The van der Waals surface area contributed by atoms with E-state index in [1.165, 1.54) is 11.2 Å². The Bertz CT molecular complexity index is 1210. The molecule has 3 aromatic rings. The smallest absolute Gasteiger partial charge is 0.300 e. The van der Waals surface area contributed by atoms with Crippen molar-refractivity contribution in [3.05, 3.63) is 87.8 Å². The van der Waals surface area contributed by atoms with Crippen LogP contribution >= 0.6 is 11.6 Å². The van der Waals surface area contributed by atoms with Crippen molar-refractivity contribution in [2.45, 2.75) is 26.8 Å². The van der Waals surface area contributed by atoms with Crippen LogP contribution in [0, 0.1) is 13.8 Å². The second-order valence-corrected chi connectivity index (χ2v) is 8.02. The van der Waals surface area contributed by atoms with Crippen molar-refractivity contribution in [3.63, 3.8) is 0 Å². The normalized spacial score (nSPS) is 17.8. The minimum atomic E-state index is -0.919. The molecule has 6 nitrogen and oxygen atoms in total. The zero-order valence-electron chi connectivity index (χ0n) is 17.9. The number of anilines is 1. The molecule has 1 atom stereocenters. The number of hydrogen-bond donors (Lipinski definition) is 1. The van der Waals surface area contributed by atoms with Crippen LogP contribution in [-0.4, -0.2) is 23.4 Å². The molecule has 0 saturated carbocycles. The molecule has 1 amide bonds. The van der Waals surface area contributed by atoms with Crippen LogP contribution in [0.2, 0.25) is 5.02 Å². The van der Waals surface area contributed by atoms with E-state index in [0.29, 0.717) is 34.4 Å². The van der Waals surface area contributed by atoms with Gasteiger partial charge in [0.25, 0.3) is 11.7 Å². The number of benzene rings is 2. The molecule has 1 unspecified atom stereocenters. The first-order valence-corrected chi connectivity index (χ1v) is 10.5. The maximum Gasteiger partial charge on any atom is 0.300 e. The molecule has 1 N–H and O–H groups in total. The number of aliphatic hydroxyl groups is 1. The third kappa shape index (κ3) is 3.78. The Hall–Kier alpha value is -3.51. The second kappa shape index (κ2) is 8.55. The summed E-state index contributed by atoms with van der Waals surface area (Å²) in [6.45, 7) is 6.03. The van der Waals surface area contributed by atoms with Gasteiger partial charge in [0.1, 0.15) is 23.3 Å². The largest absolute Gasteiger partial charge is 0.507 e. The number of Topliss-reactive ketones (excluding diaryl/α,β-unsaturated/α-hetero) is 1. The number of aliphatic hydroxyl groups excluding tert-OH is 1. The van der Waals surface area contributed by atoms with Gasteiger partial charge in [-0.1, -0.05) is 17.7 Å². The minimum absolute atomic E-state index is 0.0612. The Morgan fingerprint density at radius 2 is 1.84 bits per heavy atom. The highest BCUT2D eigenvalue weighted by molar-refractivity contribution is 6.51. The Kier molecular flexibility index (Phi) is 5.80. The summed E-state index contributed by atoms with van der Waals surface area (Å²) in [6.07, 6.45) is 1.46. The summed E-state index contributed by atoms with van der Waals surface area (Å²) >= 11 is 6.17. The maximum absolute atomic E-state index is 13.1. The zero-order valence-corrected chi connectivity index (χ0v) is 18.6. The summed E-state index contributed by atoms with van der Waals surface area (Å²) in [6, 6.07) is 12.7. The number of aryl methyl sites for hydroxylation is 2. The predicted molar refractivity (Wildman–Crippen MR) is 122 cm³/mol. The van der Waals surface area contributed by atoms with Crippen molar-refractivity contribution in [1.82, 2.24) is 0 Å². The highest BCUT2D eigenvalue weighted by Crippen LogP contribution is 2.43. The second-order valence-electron chi connectivity index (χ2n) is 7.61. The Labute approximate surface area is 190 Å². The highest BCUT2D eigenvalue weighted by Gasteiger charge is 2.48. The van der Waals surface area contributed by atoms with Crippen LogP contribution in [-0.2, 0) is 9.59 Å². The summed E-state index contributed by atoms with van der Waals surface area (Å²) < 4.78 is 11.1. The number of hydrogen-bond acceptors (Lipinski definition) is 5. The van der Waals surface area contributed by atoms with E-state index in [1.807, 2.05) is 39.0 Å². The highest BCUT2D eigenvalue weighted by atomic mass is 35.5. The first kappa shape index (κ1) is 21.7. The topological polar surface area (TPSA) is 80.0 Å². The van der Waals surface area contributed by atoms with Crippen LogP contribution in [0.25, 0.3) is 5.76 Å². The SMILES string of the molecule is CCOc1cc(/C(O)=C2/C(=O)C(=O)N(c3cc(C)cc(C)c3)C2c2ccco2)ccc1Cl. The van der Waals surface area contributed by atoms with Crippen LogP contribution < -0.4 is 9.64 Å². The number of halogens is 1. The number of furan rings is 1. The Morgan fingerprint density at radius 3 is 2.47 bits per heavy atom. The number of ether oxygens (including phenoxy) is 1. The van der Waals surface area contributed by atoms with Crippen LogP contribution in [0.3, 0.4) is 0 Å². The van der Waals surface area contributed by atoms with Gasteiger partial charge in [0.15, 0.2) is 0 Å². The summed E-state index contributed by atoms with van der Waals surface area (Å²) in [5, 5.41) is 11.6. The van der Waals surface area contributed by atoms with E-state index in [2.05, 4.69) is 0 Å². The molecule has 2 heterocycles. The van der Waals surface area contributed by atoms with E-state index in [1.54, 1.807) is 30.3 Å². The summed E-state index contributed by atoms with van der Waals surface area (Å²) in [5.41, 5.74) is 2.69. The Balaban J connectivity index is 1.92. The van der Waals surface area contributed by atoms with Crippen molar-refractivity contribution in [2.24, 2.45) is 0 Å². The van der Waals surface area contributed by atoms with Gasteiger partial charge in [0.05, 0.1) is 23.5 Å². The van der Waals surface area contributed by atoms with E-state index in [9.17, 15) is 14.7 Å². The van der Waals surface area contributed by atoms with Gasteiger partial charge in [-0.2, -0.15) is 0 Å². The number of ketones is 1. The first-order valence-electron chi connectivity index (χ1n) is 10.2. The third-order valence-electron chi connectivity index (χ3n) is 5.25. The van der Waals surface area contributed by atoms with Crippen molar-refractivity contribution in [3.8, 4) is 5.75 Å². The molecular formula is C25H22ClNO5. The number of amides is 1. The molecule has 32 heavy (non-hydrogen) atoms. The lowest BCUT2D eigenvalue weighted by molar-refractivity contribution is -0.132. The fraction of sp³-hybridized carbons (Fsp3) is 0.200. The summed E-state index contributed by atoms with van der Waals surface area (Å²) in [7, 11) is 0. The van der Waals surface area contributed by atoms with E-state index < -0.39 is 17.7 Å². The van der Waals surface area contributed by atoms with Gasteiger partial charge >= 0.3 is 0 Å². The minimum Gasteiger partial charge on any atom is -0.507 e. The molecule has 0 spiro atoms. The predicted octanol–water partition coefficient (Wildman–Crippen LogP) is 5.57. The lowest BCUT2D eigenvalue weighted by atomic mass is 9.99. The van der Waals surface area contributed by atoms with E-state index >= 15 is 0 Å². The van der Waals surface area contributed by atoms with Crippen molar-refractivity contribution < 1.29 is 23.8 Å². The molecule has 1 aliphatic heterocycles. The fourth-order valence-corrected chi connectivity index (χ4v) is 4.15. The van der Waals surface area contributed by atoms with E-state index in [-0.39, 0.29) is 11.3 Å². The van der Waals surface area contributed by atoms with Crippen molar-refractivity contribution >= 4 is 34.7 Å². The first-order chi connectivity index (χ1) is 15.3. The van der Waals surface area contributed by atoms with Gasteiger partial charge in [0, 0.05) is 11.3 Å². The third-order valence-corrected chi connectivity index (χ3v) is 5.56. The van der Waals surface area contributed by atoms with Crippen molar-refractivity contribution in [1.29, 1.82) is 0 Å². The summed E-state index contributed by atoms with van der Waals surface area (Å²) in [5.74, 6) is -1.12. The molecule has 0 bridgehead atoms. The van der Waals surface area contributed by atoms with E-state index in [4.69, 9.17) is 20.8 Å². The molecule has 1 aliphatic rings. The summed E-state index contributed by atoms with van der Waals surface area (Å²) in [4.78, 5) is 27.7. The average Bonchev–Trinajstić information content (AvgIpc) is 3.36. The van der Waals surface area contributed by atoms with Gasteiger partial charge in [-0.3, -0.25) is 14.5 Å². The van der Waals surface area contributed by atoms with Gasteiger partial charge in [-0.05, 0) is 74.4 Å². The van der Waals surface area contributed by atoms with Crippen LogP contribution in [0.15, 0.2) is 64.8 Å². The van der Waals surface area contributed by atoms with Gasteiger partial charge < -0.3 is 14.3 Å². The molecule has 164 valence electrons. The molecule has 1 aromatic heterocycles. The number of carbonyl (C=O) groups is 2. The monoisotopic (exact) mass is 451 g/mol. The molecule has 2 aromatic carbocycles. The fourth-order valence-electron chi connectivity index (χ4n) is 3.98. The zero-order chi connectivity index (χ0) is 23.0. The molecular weight excluding hydrogens is 430 g/mol. The lowest BCUT2D eigenvalue weighted by Crippen LogP contribution is -2.29. The number of carbonyl (C=O) groups excluding carboxylic acids is 2. The Morgan fingerprint density at radius 1 is 1.12 bits per heavy atom. The van der Waals surface area contributed by atoms with Gasteiger partial charge in [-0.25, -0.2) is 0 Å². The maximum atomic E-state index is 13.1. The quantitative estimate of drug-likeness (QED) is 0.311. The standard InChI is InChI=1S/C25H22ClNO5/c1-4-31-20-13-16(7-8-18(20)26)23(28)21-22(19-6-5-9-32-19)27(25(30)24(21)29)17-11-14(2)10-15(3)12-17/h5-13,22,28H,4H2,1-3H3/b23-21-. The van der Waals surface area contributed by atoms with Crippen LogP contribution in [0.1, 0.15) is 35.4 Å². The molecule has 1 fully saturated rings.